The monoisotopic (exact) mass is 489 g/mol. The summed E-state index contributed by atoms with van der Waals surface area (Å²) in [5, 5.41) is 12.3. The number of benzene rings is 1. The maximum absolute atomic E-state index is 12.4. The first-order valence-corrected chi connectivity index (χ1v) is 12.4. The van der Waals surface area contributed by atoms with Crippen molar-refractivity contribution in [2.45, 2.75) is 36.2 Å². The number of amides is 1. The molecule has 0 aliphatic rings. The molecule has 0 spiro atoms. The van der Waals surface area contributed by atoms with Crippen molar-refractivity contribution in [3.8, 4) is 0 Å². The van der Waals surface area contributed by atoms with E-state index in [1.54, 1.807) is 24.8 Å². The van der Waals surface area contributed by atoms with E-state index in [0.29, 0.717) is 33.2 Å². The Kier molecular flexibility index (Phi) is 8.48. The molecule has 168 valence electrons. The Morgan fingerprint density at radius 3 is 2.66 bits per heavy atom. The average molecular weight is 490 g/mol. The number of hydrogen-bond acceptors (Lipinski definition) is 9. The van der Waals surface area contributed by atoms with Crippen molar-refractivity contribution in [1.29, 1.82) is 0 Å². The lowest BCUT2D eigenvalue weighted by Gasteiger charge is -2.08. The van der Waals surface area contributed by atoms with Gasteiger partial charge in [-0.1, -0.05) is 46.9 Å². The quantitative estimate of drug-likeness (QED) is 0.255. The number of methoxy groups -OCH3 is 1. The number of nitrogens with zero attached hydrogens (tertiary/aromatic N) is 4. The summed E-state index contributed by atoms with van der Waals surface area (Å²) >= 11 is 4.05. The number of thiazole rings is 1. The molecule has 0 aliphatic carbocycles. The van der Waals surface area contributed by atoms with Crippen LogP contribution in [0.25, 0.3) is 0 Å². The van der Waals surface area contributed by atoms with E-state index in [2.05, 4.69) is 58.3 Å². The predicted octanol–water partition coefficient (Wildman–Crippen LogP) is 4.35. The van der Waals surface area contributed by atoms with Gasteiger partial charge in [-0.3, -0.25) is 4.79 Å². The van der Waals surface area contributed by atoms with E-state index in [-0.39, 0.29) is 11.7 Å². The van der Waals surface area contributed by atoms with Crippen molar-refractivity contribution in [1.82, 2.24) is 19.7 Å². The third kappa shape index (κ3) is 6.21. The van der Waals surface area contributed by atoms with Crippen LogP contribution in [0.4, 0.5) is 5.13 Å². The number of carbonyl (C=O) groups excluding carboxylic acids is 2. The van der Waals surface area contributed by atoms with Crippen molar-refractivity contribution >= 4 is 51.9 Å². The molecule has 0 fully saturated rings. The van der Waals surface area contributed by atoms with Crippen LogP contribution in [0.5, 0.6) is 0 Å². The van der Waals surface area contributed by atoms with E-state index in [1.165, 1.54) is 24.4 Å². The molecule has 2 heterocycles. The van der Waals surface area contributed by atoms with Crippen LogP contribution in [0.1, 0.15) is 26.8 Å². The topological polar surface area (TPSA) is 99.0 Å². The van der Waals surface area contributed by atoms with E-state index >= 15 is 0 Å². The third-order valence-corrected chi connectivity index (χ3v) is 7.27. The van der Waals surface area contributed by atoms with E-state index in [1.807, 2.05) is 4.57 Å². The minimum atomic E-state index is -0.469. The maximum atomic E-state index is 12.4. The number of ether oxygens (including phenoxy) is 1. The Hall–Kier alpha value is -2.63. The van der Waals surface area contributed by atoms with Gasteiger partial charge in [0.2, 0.25) is 5.91 Å². The van der Waals surface area contributed by atoms with Gasteiger partial charge in [0.05, 0.1) is 24.3 Å². The Bertz CT molecular complexity index is 1110. The van der Waals surface area contributed by atoms with Crippen LogP contribution >= 0.6 is 34.9 Å². The molecule has 0 aliphatic heterocycles. The van der Waals surface area contributed by atoms with E-state index in [4.69, 9.17) is 4.74 Å². The van der Waals surface area contributed by atoms with Crippen molar-refractivity contribution < 1.29 is 14.3 Å². The summed E-state index contributed by atoms with van der Waals surface area (Å²) in [6.07, 6.45) is 1.78. The first-order chi connectivity index (χ1) is 15.4. The molecule has 3 rings (SSSR count). The normalized spacial score (nSPS) is 10.7. The first-order valence-electron chi connectivity index (χ1n) is 9.62. The number of aromatic nitrogens is 4. The summed E-state index contributed by atoms with van der Waals surface area (Å²) in [5.41, 5.74) is 1.74. The average Bonchev–Trinajstić information content (AvgIpc) is 3.34. The summed E-state index contributed by atoms with van der Waals surface area (Å²) in [7, 11) is 1.31. The number of rotatable bonds is 10. The first kappa shape index (κ1) is 24.0. The van der Waals surface area contributed by atoms with Crippen LogP contribution in [-0.2, 0) is 21.8 Å². The van der Waals surface area contributed by atoms with Crippen LogP contribution in [0.15, 0.2) is 47.0 Å². The fourth-order valence-corrected chi connectivity index (χ4v) is 5.15. The van der Waals surface area contributed by atoms with E-state index in [0.717, 1.165) is 22.1 Å². The predicted molar refractivity (Wildman–Crippen MR) is 129 cm³/mol. The van der Waals surface area contributed by atoms with Gasteiger partial charge in [0, 0.05) is 11.4 Å². The highest BCUT2D eigenvalue weighted by Gasteiger charge is 2.18. The van der Waals surface area contributed by atoms with E-state index < -0.39 is 5.97 Å². The lowest BCUT2D eigenvalue weighted by atomic mass is 10.2. The zero-order valence-electron chi connectivity index (χ0n) is 18.0. The Balaban J connectivity index is 1.60. The van der Waals surface area contributed by atoms with Gasteiger partial charge in [-0.05, 0) is 26.0 Å². The van der Waals surface area contributed by atoms with Crippen LogP contribution in [0, 0.1) is 13.8 Å². The third-order valence-electron chi connectivity index (χ3n) is 4.24. The standard InChI is InChI=1S/C21H23N5O3S3/c1-5-10-26-16(11-30-15-8-6-13(2)7-9-15)24-25-21(26)31-12-17(27)23-20-22-14(3)18(32-20)19(28)29-4/h5-9H,1,10-12H2,2-4H3,(H,22,23,27). The second-order valence-electron chi connectivity index (χ2n) is 6.66. The van der Waals surface area contributed by atoms with Crippen molar-refractivity contribution in [3.05, 3.63) is 58.9 Å². The molecule has 1 N–H and O–H groups in total. The number of aryl methyl sites for hydroxylation is 2. The van der Waals surface area contributed by atoms with Crippen LogP contribution < -0.4 is 5.32 Å². The molecule has 1 aromatic carbocycles. The Morgan fingerprint density at radius 2 is 1.97 bits per heavy atom. The zero-order chi connectivity index (χ0) is 23.1. The van der Waals surface area contributed by atoms with Gasteiger partial charge in [-0.2, -0.15) is 0 Å². The fourth-order valence-electron chi connectivity index (χ4n) is 2.64. The lowest BCUT2D eigenvalue weighted by Crippen LogP contribution is -2.14. The van der Waals surface area contributed by atoms with Crippen LogP contribution in [0.3, 0.4) is 0 Å². The molecule has 0 atom stereocenters. The lowest BCUT2D eigenvalue weighted by molar-refractivity contribution is -0.113. The molecule has 2 aromatic heterocycles. The highest BCUT2D eigenvalue weighted by molar-refractivity contribution is 7.99. The molecular weight excluding hydrogens is 466 g/mol. The Morgan fingerprint density at radius 1 is 1.22 bits per heavy atom. The van der Waals surface area contributed by atoms with Gasteiger partial charge >= 0.3 is 5.97 Å². The summed E-state index contributed by atoms with van der Waals surface area (Å²) in [6.45, 7) is 8.12. The van der Waals surface area contributed by atoms with Gasteiger partial charge in [-0.25, -0.2) is 9.78 Å². The molecule has 0 unspecified atom stereocenters. The number of carbonyl (C=O) groups is 2. The summed E-state index contributed by atoms with van der Waals surface area (Å²) in [4.78, 5) is 29.8. The number of esters is 1. The molecular formula is C21H23N5O3S3. The number of anilines is 1. The summed E-state index contributed by atoms with van der Waals surface area (Å²) < 4.78 is 6.67. The molecule has 11 heteroatoms. The van der Waals surface area contributed by atoms with Gasteiger partial charge in [-0.15, -0.1) is 28.5 Å². The van der Waals surface area contributed by atoms with Crippen molar-refractivity contribution in [2.75, 3.05) is 18.2 Å². The molecule has 32 heavy (non-hydrogen) atoms. The summed E-state index contributed by atoms with van der Waals surface area (Å²) in [6, 6.07) is 8.32. The number of hydrogen-bond donors (Lipinski definition) is 1. The highest BCUT2D eigenvalue weighted by atomic mass is 32.2. The summed E-state index contributed by atoms with van der Waals surface area (Å²) in [5.74, 6) is 0.891. The number of allylic oxidation sites excluding steroid dienone is 1. The SMILES string of the molecule is C=CCn1c(CSc2ccc(C)cc2)nnc1SCC(=O)Nc1nc(C)c(C(=O)OC)s1. The van der Waals surface area contributed by atoms with Gasteiger partial charge < -0.3 is 14.6 Å². The molecule has 0 saturated heterocycles. The van der Waals surface area contributed by atoms with Gasteiger partial charge in [0.15, 0.2) is 10.3 Å². The molecule has 0 saturated carbocycles. The molecule has 3 aromatic rings. The molecule has 0 radical (unpaired) electrons. The Labute approximate surface area is 198 Å². The zero-order valence-corrected chi connectivity index (χ0v) is 20.4. The second-order valence-corrected chi connectivity index (χ2v) is 9.65. The molecule has 1 amide bonds. The molecule has 8 nitrogen and oxygen atoms in total. The van der Waals surface area contributed by atoms with Crippen LogP contribution in [0.2, 0.25) is 0 Å². The number of nitrogens with one attached hydrogen (secondary N) is 1. The van der Waals surface area contributed by atoms with Gasteiger partial charge in [0.25, 0.3) is 0 Å². The van der Waals surface area contributed by atoms with Crippen LogP contribution in [-0.4, -0.2) is 44.5 Å². The fraction of sp³-hybridized carbons (Fsp3) is 0.286. The maximum Gasteiger partial charge on any atom is 0.350 e. The minimum absolute atomic E-state index is 0.132. The van der Waals surface area contributed by atoms with E-state index in [9.17, 15) is 9.59 Å². The molecule has 0 bridgehead atoms. The van der Waals surface area contributed by atoms with Crippen molar-refractivity contribution in [3.63, 3.8) is 0 Å². The minimum Gasteiger partial charge on any atom is -0.465 e. The smallest absolute Gasteiger partial charge is 0.350 e. The van der Waals surface area contributed by atoms with Gasteiger partial charge in [0.1, 0.15) is 10.7 Å². The number of thioether (sulfide) groups is 2. The highest BCUT2D eigenvalue weighted by Crippen LogP contribution is 2.26. The largest absolute Gasteiger partial charge is 0.465 e. The second kappa shape index (κ2) is 11.3. The van der Waals surface area contributed by atoms with Crippen molar-refractivity contribution in [2.24, 2.45) is 0 Å².